The van der Waals surface area contributed by atoms with Crippen LogP contribution in [0.1, 0.15) is 49.4 Å². The minimum absolute atomic E-state index is 0.0589. The second-order valence-electron chi connectivity index (χ2n) is 7.27. The highest BCUT2D eigenvalue weighted by Gasteiger charge is 2.43. The molecule has 1 aromatic rings. The largest absolute Gasteiger partial charge is 0.487 e. The summed E-state index contributed by atoms with van der Waals surface area (Å²) >= 11 is 0. The first-order chi connectivity index (χ1) is 9.90. The maximum Gasteiger partial charge on any atom is 0.128 e. The van der Waals surface area contributed by atoms with Gasteiger partial charge in [-0.15, -0.1) is 0 Å². The molecule has 3 nitrogen and oxygen atoms in total. The van der Waals surface area contributed by atoms with E-state index < -0.39 is 0 Å². The number of hydrogen-bond donors (Lipinski definition) is 1. The second-order valence-corrected chi connectivity index (χ2v) is 7.27. The van der Waals surface area contributed by atoms with Crippen molar-refractivity contribution in [3.8, 4) is 5.75 Å². The summed E-state index contributed by atoms with van der Waals surface area (Å²) in [4.78, 5) is 2.54. The fourth-order valence-electron chi connectivity index (χ4n) is 3.77. The number of aryl methyl sites for hydroxylation is 1. The lowest BCUT2D eigenvalue weighted by Crippen LogP contribution is -2.51. The van der Waals surface area contributed by atoms with Crippen LogP contribution in [0.4, 0.5) is 0 Å². The summed E-state index contributed by atoms with van der Waals surface area (Å²) in [7, 11) is 0. The van der Waals surface area contributed by atoms with Crippen LogP contribution in [0.2, 0.25) is 0 Å². The van der Waals surface area contributed by atoms with Crippen molar-refractivity contribution in [3.05, 3.63) is 28.8 Å². The zero-order valence-corrected chi connectivity index (χ0v) is 13.8. The molecular weight excluding hydrogens is 260 g/mol. The van der Waals surface area contributed by atoms with E-state index in [1.807, 2.05) is 0 Å². The Balaban J connectivity index is 1.93. The molecular formula is C18H28N2O. The minimum Gasteiger partial charge on any atom is -0.487 e. The van der Waals surface area contributed by atoms with E-state index in [0.717, 1.165) is 12.3 Å². The van der Waals surface area contributed by atoms with Gasteiger partial charge in [-0.3, -0.25) is 0 Å². The molecule has 1 saturated heterocycles. The molecule has 2 N–H and O–H groups in total. The fraction of sp³-hybridized carbons (Fsp3) is 0.667. The summed E-state index contributed by atoms with van der Waals surface area (Å²) in [5.74, 6) is 1.36. The highest BCUT2D eigenvalue weighted by Crippen LogP contribution is 2.45. The molecule has 0 amide bonds. The summed E-state index contributed by atoms with van der Waals surface area (Å²) in [6, 6.07) is 4.39. The van der Waals surface area contributed by atoms with E-state index in [1.165, 1.54) is 42.6 Å². The number of nitrogens with zero attached hydrogens (tertiary/aromatic N) is 1. The fourth-order valence-corrected chi connectivity index (χ4v) is 3.77. The molecule has 2 heterocycles. The van der Waals surface area contributed by atoms with Crippen molar-refractivity contribution >= 4 is 0 Å². The smallest absolute Gasteiger partial charge is 0.128 e. The molecule has 2 aliphatic rings. The first-order valence-corrected chi connectivity index (χ1v) is 8.17. The minimum atomic E-state index is -0.215. The SMILES string of the molecule is Cc1ccc2c(c1C)OC(C)(C)C(CN1CCCC1)C2N. The monoisotopic (exact) mass is 288 g/mol. The van der Waals surface area contributed by atoms with Crippen LogP contribution in [0.3, 0.4) is 0 Å². The van der Waals surface area contributed by atoms with Crippen molar-refractivity contribution in [2.45, 2.75) is 52.2 Å². The third-order valence-electron chi connectivity index (χ3n) is 5.41. The molecule has 0 saturated carbocycles. The molecule has 116 valence electrons. The van der Waals surface area contributed by atoms with Gasteiger partial charge in [0, 0.05) is 24.1 Å². The Labute approximate surface area is 128 Å². The van der Waals surface area contributed by atoms with E-state index in [2.05, 4.69) is 44.7 Å². The maximum absolute atomic E-state index is 6.66. The summed E-state index contributed by atoms with van der Waals surface area (Å²) in [5.41, 5.74) is 10.1. The molecule has 1 fully saturated rings. The van der Waals surface area contributed by atoms with Gasteiger partial charge in [-0.2, -0.15) is 0 Å². The normalized spacial score (nSPS) is 28.2. The number of hydrogen-bond acceptors (Lipinski definition) is 3. The Morgan fingerprint density at radius 3 is 2.57 bits per heavy atom. The van der Waals surface area contributed by atoms with E-state index in [4.69, 9.17) is 10.5 Å². The number of fused-ring (bicyclic) bond motifs is 1. The topological polar surface area (TPSA) is 38.5 Å². The van der Waals surface area contributed by atoms with Gasteiger partial charge in [0.15, 0.2) is 0 Å². The summed E-state index contributed by atoms with van der Waals surface area (Å²) < 4.78 is 6.42. The van der Waals surface area contributed by atoms with Gasteiger partial charge < -0.3 is 15.4 Å². The van der Waals surface area contributed by atoms with E-state index in [9.17, 15) is 0 Å². The second kappa shape index (κ2) is 5.29. The van der Waals surface area contributed by atoms with Gasteiger partial charge in [0.1, 0.15) is 11.4 Å². The van der Waals surface area contributed by atoms with E-state index in [1.54, 1.807) is 0 Å². The lowest BCUT2D eigenvalue weighted by atomic mass is 9.77. The molecule has 0 radical (unpaired) electrons. The quantitative estimate of drug-likeness (QED) is 0.908. The van der Waals surface area contributed by atoms with Crippen molar-refractivity contribution in [2.75, 3.05) is 19.6 Å². The van der Waals surface area contributed by atoms with Crippen LogP contribution in [0.15, 0.2) is 12.1 Å². The third kappa shape index (κ3) is 2.58. The standard InChI is InChI=1S/C18H28N2O/c1-12-7-8-14-16(19)15(11-20-9-5-6-10-20)18(3,4)21-17(14)13(12)2/h7-8,15-16H,5-6,9-11,19H2,1-4H3. The van der Waals surface area contributed by atoms with E-state index >= 15 is 0 Å². The van der Waals surface area contributed by atoms with Gasteiger partial charge in [-0.1, -0.05) is 12.1 Å². The molecule has 2 atom stereocenters. The molecule has 2 unspecified atom stereocenters. The van der Waals surface area contributed by atoms with Gasteiger partial charge in [0.2, 0.25) is 0 Å². The number of ether oxygens (including phenoxy) is 1. The first-order valence-electron chi connectivity index (χ1n) is 8.17. The van der Waals surface area contributed by atoms with Crippen LogP contribution in [0.5, 0.6) is 5.75 Å². The predicted octanol–water partition coefficient (Wildman–Crippen LogP) is 3.19. The molecule has 0 spiro atoms. The Morgan fingerprint density at radius 2 is 1.90 bits per heavy atom. The van der Waals surface area contributed by atoms with Crippen molar-refractivity contribution in [1.82, 2.24) is 4.90 Å². The van der Waals surface area contributed by atoms with Gasteiger partial charge in [-0.05, 0) is 64.8 Å². The Morgan fingerprint density at radius 1 is 1.24 bits per heavy atom. The molecule has 3 rings (SSSR count). The third-order valence-corrected chi connectivity index (χ3v) is 5.41. The molecule has 0 bridgehead atoms. The number of likely N-dealkylation sites (tertiary alicyclic amines) is 1. The van der Waals surface area contributed by atoms with E-state index in [-0.39, 0.29) is 11.6 Å². The van der Waals surface area contributed by atoms with Crippen LogP contribution < -0.4 is 10.5 Å². The highest BCUT2D eigenvalue weighted by molar-refractivity contribution is 5.49. The van der Waals surface area contributed by atoms with Crippen LogP contribution in [0, 0.1) is 19.8 Å². The zero-order valence-electron chi connectivity index (χ0n) is 13.8. The summed E-state index contributed by atoms with van der Waals surface area (Å²) in [6.45, 7) is 12.1. The molecule has 3 heteroatoms. The van der Waals surface area contributed by atoms with E-state index in [0.29, 0.717) is 5.92 Å². The highest BCUT2D eigenvalue weighted by atomic mass is 16.5. The molecule has 2 aliphatic heterocycles. The van der Waals surface area contributed by atoms with Gasteiger partial charge in [0.05, 0.1) is 0 Å². The number of benzene rings is 1. The van der Waals surface area contributed by atoms with Crippen molar-refractivity contribution in [1.29, 1.82) is 0 Å². The average molecular weight is 288 g/mol. The average Bonchev–Trinajstić information content (AvgIpc) is 2.92. The van der Waals surface area contributed by atoms with Crippen LogP contribution in [-0.4, -0.2) is 30.1 Å². The molecule has 21 heavy (non-hydrogen) atoms. The maximum atomic E-state index is 6.66. The first kappa shape index (κ1) is 14.9. The number of nitrogens with two attached hydrogens (primary N) is 1. The van der Waals surface area contributed by atoms with Gasteiger partial charge >= 0.3 is 0 Å². The van der Waals surface area contributed by atoms with Crippen molar-refractivity contribution in [2.24, 2.45) is 11.7 Å². The Bertz CT molecular complexity index is 532. The van der Waals surface area contributed by atoms with Crippen molar-refractivity contribution in [3.63, 3.8) is 0 Å². The molecule has 0 aromatic heterocycles. The van der Waals surface area contributed by atoms with Crippen LogP contribution in [-0.2, 0) is 0 Å². The lowest BCUT2D eigenvalue weighted by Gasteiger charge is -2.45. The Hall–Kier alpha value is -1.06. The van der Waals surface area contributed by atoms with Crippen molar-refractivity contribution < 1.29 is 4.74 Å². The predicted molar refractivity (Wildman–Crippen MR) is 86.7 cm³/mol. The number of rotatable bonds is 2. The van der Waals surface area contributed by atoms with Crippen LogP contribution in [0.25, 0.3) is 0 Å². The summed E-state index contributed by atoms with van der Waals surface area (Å²) in [5, 5.41) is 0. The van der Waals surface area contributed by atoms with Gasteiger partial charge in [-0.25, -0.2) is 0 Å². The van der Waals surface area contributed by atoms with Crippen LogP contribution >= 0.6 is 0 Å². The molecule has 1 aromatic carbocycles. The molecule has 0 aliphatic carbocycles. The lowest BCUT2D eigenvalue weighted by molar-refractivity contribution is -0.00423. The zero-order chi connectivity index (χ0) is 15.2. The Kier molecular flexibility index (Phi) is 3.74. The van der Waals surface area contributed by atoms with Gasteiger partial charge in [0.25, 0.3) is 0 Å². The summed E-state index contributed by atoms with van der Waals surface area (Å²) in [6.07, 6.45) is 2.64.